The summed E-state index contributed by atoms with van der Waals surface area (Å²) >= 11 is 0. The number of ketones is 2. The van der Waals surface area contributed by atoms with Gasteiger partial charge in [-0.1, -0.05) is 27.7 Å². The molecular weight excluding hydrogens is 456 g/mol. The highest BCUT2D eigenvalue weighted by Crippen LogP contribution is 2.37. The summed E-state index contributed by atoms with van der Waals surface area (Å²) in [7, 11) is -18.7. The molecule has 1 rings (SSSR count). The van der Waals surface area contributed by atoms with Crippen LogP contribution in [-0.4, -0.2) is 68.2 Å². The van der Waals surface area contributed by atoms with Crippen molar-refractivity contribution in [1.29, 1.82) is 0 Å². The van der Waals surface area contributed by atoms with Crippen molar-refractivity contribution in [2.24, 2.45) is 0 Å². The summed E-state index contributed by atoms with van der Waals surface area (Å²) in [6, 6.07) is 0. The number of Topliss-reactive ketones (excluding diaryl/α,β-unsaturated/α-hetero) is 2. The SMILES string of the molecule is CCS(=O)(=O)C1=C(S(=O)(=O)CC)C(=O)C(S(=O)(=O)CC)=C(S(=O)(=O)CC)C1=O. The Labute approximate surface area is 164 Å². The molecule has 0 amide bonds. The van der Waals surface area contributed by atoms with Crippen LogP contribution in [0.5, 0.6) is 0 Å². The van der Waals surface area contributed by atoms with Crippen molar-refractivity contribution in [3.63, 3.8) is 0 Å². The fourth-order valence-corrected chi connectivity index (χ4v) is 8.17. The van der Waals surface area contributed by atoms with Crippen LogP contribution in [0, 0.1) is 0 Å². The predicted octanol–water partition coefficient (Wildman–Crippen LogP) is -0.700. The van der Waals surface area contributed by atoms with Crippen LogP contribution in [0.25, 0.3) is 0 Å². The highest BCUT2D eigenvalue weighted by Gasteiger charge is 2.51. The van der Waals surface area contributed by atoms with Gasteiger partial charge in [0.05, 0.1) is 23.0 Å². The molecule has 0 unspecified atom stereocenters. The highest BCUT2D eigenvalue weighted by molar-refractivity contribution is 8.03. The van der Waals surface area contributed by atoms with E-state index >= 15 is 0 Å². The Hall–Kier alpha value is -1.38. The Kier molecular flexibility index (Phi) is 6.87. The van der Waals surface area contributed by atoms with E-state index in [9.17, 15) is 43.3 Å². The molecule has 10 nitrogen and oxygen atoms in total. The Morgan fingerprint density at radius 2 is 0.571 bits per heavy atom. The molecule has 160 valence electrons. The van der Waals surface area contributed by atoms with Crippen LogP contribution in [0.4, 0.5) is 0 Å². The molecule has 14 heteroatoms. The molecule has 0 heterocycles. The van der Waals surface area contributed by atoms with Crippen LogP contribution in [0.15, 0.2) is 19.6 Å². The van der Waals surface area contributed by atoms with E-state index in [1.807, 2.05) is 0 Å². The molecule has 0 atom stereocenters. The molecule has 0 aromatic heterocycles. The molecule has 0 aromatic rings. The van der Waals surface area contributed by atoms with Crippen molar-refractivity contribution in [2.45, 2.75) is 27.7 Å². The Morgan fingerprint density at radius 3 is 0.679 bits per heavy atom. The standard InChI is InChI=1S/C14H20O10S4/c1-5-25(17,18)11-9(15)13(27(21,22)7-3)14(28(23,24)8-4)10(16)12(11)26(19,20)6-2/h5-8H2,1-4H3. The van der Waals surface area contributed by atoms with E-state index in [-0.39, 0.29) is 0 Å². The molecule has 0 aromatic carbocycles. The minimum Gasteiger partial charge on any atom is -0.287 e. The van der Waals surface area contributed by atoms with E-state index in [1.165, 1.54) is 0 Å². The third-order valence-corrected chi connectivity index (χ3v) is 11.3. The van der Waals surface area contributed by atoms with Gasteiger partial charge in [-0.2, -0.15) is 0 Å². The minimum atomic E-state index is -4.69. The molecular formula is C14H20O10S4. The predicted molar refractivity (Wildman–Crippen MR) is 102 cm³/mol. The van der Waals surface area contributed by atoms with Gasteiger partial charge < -0.3 is 0 Å². The lowest BCUT2D eigenvalue weighted by atomic mass is 10.1. The maximum atomic E-state index is 12.9. The van der Waals surface area contributed by atoms with E-state index in [0.717, 1.165) is 27.7 Å². The van der Waals surface area contributed by atoms with Crippen LogP contribution in [0.1, 0.15) is 27.7 Å². The molecule has 0 saturated heterocycles. The topological polar surface area (TPSA) is 171 Å². The van der Waals surface area contributed by atoms with Gasteiger partial charge >= 0.3 is 0 Å². The van der Waals surface area contributed by atoms with Gasteiger partial charge in [-0.05, 0) is 0 Å². The Balaban J connectivity index is 4.38. The maximum Gasteiger partial charge on any atom is 0.218 e. The second kappa shape index (κ2) is 7.80. The first-order valence-corrected chi connectivity index (χ1v) is 14.7. The van der Waals surface area contributed by atoms with Crippen molar-refractivity contribution in [1.82, 2.24) is 0 Å². The molecule has 1 aliphatic rings. The van der Waals surface area contributed by atoms with Crippen LogP contribution in [0.3, 0.4) is 0 Å². The lowest BCUT2D eigenvalue weighted by Crippen LogP contribution is -2.37. The molecule has 0 aliphatic heterocycles. The van der Waals surface area contributed by atoms with Gasteiger partial charge in [0.25, 0.3) is 0 Å². The number of hydrogen-bond acceptors (Lipinski definition) is 10. The number of allylic oxidation sites excluding steroid dienone is 4. The van der Waals surface area contributed by atoms with E-state index in [0.29, 0.717) is 0 Å². The first-order valence-electron chi connectivity index (χ1n) is 8.04. The van der Waals surface area contributed by atoms with Crippen LogP contribution >= 0.6 is 0 Å². The van der Waals surface area contributed by atoms with Gasteiger partial charge in [0.15, 0.2) is 39.3 Å². The average molecular weight is 477 g/mol. The van der Waals surface area contributed by atoms with Crippen LogP contribution in [0.2, 0.25) is 0 Å². The molecule has 0 spiro atoms. The van der Waals surface area contributed by atoms with Crippen molar-refractivity contribution in [3.8, 4) is 0 Å². The lowest BCUT2D eigenvalue weighted by Gasteiger charge is -2.22. The summed E-state index contributed by atoms with van der Waals surface area (Å²) in [4.78, 5) is 19.8. The van der Waals surface area contributed by atoms with E-state index in [1.54, 1.807) is 0 Å². The third-order valence-electron chi connectivity index (χ3n) is 4.00. The van der Waals surface area contributed by atoms with Gasteiger partial charge in [0.2, 0.25) is 11.6 Å². The van der Waals surface area contributed by atoms with Crippen molar-refractivity contribution in [3.05, 3.63) is 19.6 Å². The van der Waals surface area contributed by atoms with Crippen LogP contribution in [-0.2, 0) is 48.9 Å². The normalized spacial score (nSPS) is 17.4. The Bertz CT molecular complexity index is 1020. The number of carbonyl (C=O) groups excluding carboxylic acids is 2. The number of rotatable bonds is 8. The highest BCUT2D eigenvalue weighted by atomic mass is 32.2. The average Bonchev–Trinajstić information content (AvgIpc) is 2.61. The summed E-state index contributed by atoms with van der Waals surface area (Å²) < 4.78 is 99.3. The molecule has 1 aliphatic carbocycles. The quantitative estimate of drug-likeness (QED) is 0.408. The summed E-state index contributed by atoms with van der Waals surface area (Å²) in [5, 5.41) is 0. The first kappa shape index (κ1) is 24.7. The second-order valence-corrected chi connectivity index (χ2v) is 14.4. The molecule has 0 saturated carbocycles. The number of carbonyl (C=O) groups is 2. The van der Waals surface area contributed by atoms with E-state index in [2.05, 4.69) is 0 Å². The zero-order valence-electron chi connectivity index (χ0n) is 15.5. The smallest absolute Gasteiger partial charge is 0.218 e. The van der Waals surface area contributed by atoms with Crippen molar-refractivity contribution >= 4 is 50.9 Å². The molecule has 0 fully saturated rings. The van der Waals surface area contributed by atoms with E-state index in [4.69, 9.17) is 0 Å². The maximum absolute atomic E-state index is 12.9. The summed E-state index contributed by atoms with van der Waals surface area (Å²) in [5.74, 6) is -6.86. The zero-order valence-corrected chi connectivity index (χ0v) is 18.8. The van der Waals surface area contributed by atoms with Gasteiger partial charge in [-0.25, -0.2) is 33.7 Å². The molecule has 0 bridgehead atoms. The summed E-state index contributed by atoms with van der Waals surface area (Å²) in [5.41, 5.74) is 0. The molecule has 28 heavy (non-hydrogen) atoms. The van der Waals surface area contributed by atoms with Crippen LogP contribution < -0.4 is 0 Å². The number of hydrogen-bond donors (Lipinski definition) is 0. The monoisotopic (exact) mass is 476 g/mol. The Morgan fingerprint density at radius 1 is 0.429 bits per heavy atom. The minimum absolute atomic E-state index is 0.806. The summed E-state index contributed by atoms with van der Waals surface area (Å²) in [6.45, 7) is 4.25. The third kappa shape index (κ3) is 4.00. The first-order chi connectivity index (χ1) is 12.6. The van der Waals surface area contributed by atoms with Crippen molar-refractivity contribution in [2.75, 3.05) is 23.0 Å². The number of sulfone groups is 4. The zero-order chi connectivity index (χ0) is 22.3. The van der Waals surface area contributed by atoms with Gasteiger partial charge in [0.1, 0.15) is 19.6 Å². The fraction of sp³-hybridized carbons (Fsp3) is 0.571. The van der Waals surface area contributed by atoms with Crippen molar-refractivity contribution < 1.29 is 43.3 Å². The molecule has 0 radical (unpaired) electrons. The van der Waals surface area contributed by atoms with Gasteiger partial charge in [-0.15, -0.1) is 0 Å². The lowest BCUT2D eigenvalue weighted by molar-refractivity contribution is -0.114. The second-order valence-electron chi connectivity index (χ2n) is 5.59. The largest absolute Gasteiger partial charge is 0.287 e. The van der Waals surface area contributed by atoms with Gasteiger partial charge in [0, 0.05) is 0 Å². The van der Waals surface area contributed by atoms with Gasteiger partial charge in [-0.3, -0.25) is 9.59 Å². The van der Waals surface area contributed by atoms with E-state index < -0.39 is 93.5 Å². The fourth-order valence-electron chi connectivity index (χ4n) is 2.33. The molecule has 0 N–H and O–H groups in total. The summed E-state index contributed by atoms with van der Waals surface area (Å²) in [6.07, 6.45) is 0.